The second-order valence-corrected chi connectivity index (χ2v) is 4.60. The summed E-state index contributed by atoms with van der Waals surface area (Å²) in [6.07, 6.45) is 1.09. The molecule has 2 rings (SSSR count). The molecule has 1 aliphatic carbocycles. The average molecular weight is 176 g/mol. The van der Waals surface area contributed by atoms with E-state index < -0.39 is 0 Å². The van der Waals surface area contributed by atoms with Crippen molar-refractivity contribution in [3.63, 3.8) is 0 Å². The molecule has 1 heteroatoms. The second-order valence-electron chi connectivity index (χ2n) is 4.60. The SMILES string of the molecule is CC1(C)Cc2ccccc2C1CO. The van der Waals surface area contributed by atoms with Gasteiger partial charge < -0.3 is 5.11 Å². The Balaban J connectivity index is 2.46. The first-order chi connectivity index (χ1) is 6.15. The molecule has 0 fully saturated rings. The summed E-state index contributed by atoms with van der Waals surface area (Å²) in [7, 11) is 0. The van der Waals surface area contributed by atoms with Crippen molar-refractivity contribution in [2.75, 3.05) is 6.61 Å². The van der Waals surface area contributed by atoms with E-state index in [0.29, 0.717) is 5.92 Å². The predicted octanol–water partition coefficient (Wildman–Crippen LogP) is 2.34. The van der Waals surface area contributed by atoms with Crippen LogP contribution in [0.15, 0.2) is 24.3 Å². The molecule has 1 nitrogen and oxygen atoms in total. The first-order valence-corrected chi connectivity index (χ1v) is 4.84. The van der Waals surface area contributed by atoms with Crippen molar-refractivity contribution < 1.29 is 5.11 Å². The summed E-state index contributed by atoms with van der Waals surface area (Å²) in [5.41, 5.74) is 2.97. The fourth-order valence-corrected chi connectivity index (χ4v) is 2.42. The van der Waals surface area contributed by atoms with Crippen molar-refractivity contribution in [3.05, 3.63) is 35.4 Å². The van der Waals surface area contributed by atoms with Crippen LogP contribution < -0.4 is 0 Å². The van der Waals surface area contributed by atoms with Gasteiger partial charge in [0.15, 0.2) is 0 Å². The molecule has 0 aromatic heterocycles. The Hall–Kier alpha value is -0.820. The van der Waals surface area contributed by atoms with Gasteiger partial charge in [0.1, 0.15) is 0 Å². The van der Waals surface area contributed by atoms with E-state index in [0.717, 1.165) is 6.42 Å². The van der Waals surface area contributed by atoms with E-state index in [1.807, 2.05) is 0 Å². The van der Waals surface area contributed by atoms with Gasteiger partial charge >= 0.3 is 0 Å². The third-order valence-corrected chi connectivity index (χ3v) is 3.20. The molecule has 0 amide bonds. The molecule has 0 saturated carbocycles. The average Bonchev–Trinajstić information content (AvgIpc) is 2.33. The number of benzene rings is 1. The van der Waals surface area contributed by atoms with Gasteiger partial charge in [-0.1, -0.05) is 38.1 Å². The largest absolute Gasteiger partial charge is 0.396 e. The summed E-state index contributed by atoms with van der Waals surface area (Å²) in [6.45, 7) is 4.73. The molecular formula is C12H16O. The van der Waals surface area contributed by atoms with Crippen LogP contribution in [-0.2, 0) is 6.42 Å². The van der Waals surface area contributed by atoms with Crippen LogP contribution in [0.2, 0.25) is 0 Å². The number of rotatable bonds is 1. The minimum atomic E-state index is 0.221. The van der Waals surface area contributed by atoms with Gasteiger partial charge in [-0.3, -0.25) is 0 Å². The lowest BCUT2D eigenvalue weighted by molar-refractivity contribution is 0.188. The maximum atomic E-state index is 9.35. The lowest BCUT2D eigenvalue weighted by atomic mass is 9.80. The fourth-order valence-electron chi connectivity index (χ4n) is 2.42. The van der Waals surface area contributed by atoms with E-state index in [9.17, 15) is 5.11 Å². The molecule has 1 N–H and O–H groups in total. The molecule has 1 aromatic carbocycles. The number of aliphatic hydroxyl groups excluding tert-OH is 1. The van der Waals surface area contributed by atoms with E-state index in [2.05, 4.69) is 38.1 Å². The van der Waals surface area contributed by atoms with Gasteiger partial charge in [0.25, 0.3) is 0 Å². The number of hydrogen-bond acceptors (Lipinski definition) is 1. The van der Waals surface area contributed by atoms with Gasteiger partial charge in [0.05, 0.1) is 6.61 Å². The molecule has 70 valence electrons. The van der Waals surface area contributed by atoms with Crippen molar-refractivity contribution in [2.24, 2.45) is 5.41 Å². The Morgan fingerprint density at radius 2 is 2.08 bits per heavy atom. The van der Waals surface area contributed by atoms with Gasteiger partial charge in [-0.05, 0) is 23.0 Å². The van der Waals surface area contributed by atoms with Crippen molar-refractivity contribution >= 4 is 0 Å². The Kier molecular flexibility index (Phi) is 1.92. The van der Waals surface area contributed by atoms with Crippen LogP contribution in [0, 0.1) is 5.41 Å². The number of hydrogen-bond donors (Lipinski definition) is 1. The topological polar surface area (TPSA) is 20.2 Å². The van der Waals surface area contributed by atoms with Crippen LogP contribution in [0.25, 0.3) is 0 Å². The molecule has 0 aliphatic heterocycles. The van der Waals surface area contributed by atoms with Crippen LogP contribution in [0.3, 0.4) is 0 Å². The molecule has 1 aliphatic rings. The van der Waals surface area contributed by atoms with E-state index >= 15 is 0 Å². The monoisotopic (exact) mass is 176 g/mol. The van der Waals surface area contributed by atoms with Gasteiger partial charge in [-0.2, -0.15) is 0 Å². The maximum absolute atomic E-state index is 9.35. The zero-order chi connectivity index (χ0) is 9.47. The molecule has 13 heavy (non-hydrogen) atoms. The molecule has 0 bridgehead atoms. The van der Waals surface area contributed by atoms with Crippen molar-refractivity contribution in [1.82, 2.24) is 0 Å². The Morgan fingerprint density at radius 1 is 1.38 bits per heavy atom. The molecule has 0 saturated heterocycles. The van der Waals surface area contributed by atoms with Crippen LogP contribution in [0.1, 0.15) is 30.9 Å². The molecule has 0 radical (unpaired) electrons. The molecular weight excluding hydrogens is 160 g/mol. The Labute approximate surface area is 79.4 Å². The van der Waals surface area contributed by atoms with E-state index in [1.54, 1.807) is 0 Å². The first kappa shape index (κ1) is 8.76. The van der Waals surface area contributed by atoms with Gasteiger partial charge in [0.2, 0.25) is 0 Å². The number of fused-ring (bicyclic) bond motifs is 1. The minimum Gasteiger partial charge on any atom is -0.396 e. The Morgan fingerprint density at radius 3 is 2.77 bits per heavy atom. The Bertz CT molecular complexity index is 315. The minimum absolute atomic E-state index is 0.221. The van der Waals surface area contributed by atoms with Gasteiger partial charge in [-0.15, -0.1) is 0 Å². The molecule has 1 aromatic rings. The summed E-state index contributed by atoms with van der Waals surface area (Å²) in [4.78, 5) is 0. The van der Waals surface area contributed by atoms with Crippen LogP contribution in [-0.4, -0.2) is 11.7 Å². The summed E-state index contributed by atoms with van der Waals surface area (Å²) in [5.74, 6) is 0.323. The predicted molar refractivity (Wildman–Crippen MR) is 53.8 cm³/mol. The highest BCUT2D eigenvalue weighted by molar-refractivity contribution is 5.37. The molecule has 1 unspecified atom stereocenters. The standard InChI is InChI=1S/C12H16O/c1-12(2)7-9-5-3-4-6-10(9)11(12)8-13/h3-6,11,13H,7-8H2,1-2H3. The van der Waals surface area contributed by atoms with E-state index in [1.165, 1.54) is 11.1 Å². The molecule has 0 spiro atoms. The zero-order valence-electron chi connectivity index (χ0n) is 8.25. The third kappa shape index (κ3) is 1.28. The second kappa shape index (κ2) is 2.85. The highest BCUT2D eigenvalue weighted by Crippen LogP contribution is 2.46. The van der Waals surface area contributed by atoms with Crippen LogP contribution in [0.4, 0.5) is 0 Å². The van der Waals surface area contributed by atoms with Crippen molar-refractivity contribution in [1.29, 1.82) is 0 Å². The lowest BCUT2D eigenvalue weighted by Gasteiger charge is -2.25. The highest BCUT2D eigenvalue weighted by atomic mass is 16.3. The molecule has 1 atom stereocenters. The summed E-state index contributed by atoms with van der Waals surface area (Å²) in [5, 5.41) is 9.35. The zero-order valence-corrected chi connectivity index (χ0v) is 8.25. The van der Waals surface area contributed by atoms with Crippen molar-refractivity contribution in [3.8, 4) is 0 Å². The number of aliphatic hydroxyl groups is 1. The van der Waals surface area contributed by atoms with Gasteiger partial charge in [0, 0.05) is 5.92 Å². The van der Waals surface area contributed by atoms with E-state index in [-0.39, 0.29) is 12.0 Å². The third-order valence-electron chi connectivity index (χ3n) is 3.20. The normalized spacial score (nSPS) is 24.4. The van der Waals surface area contributed by atoms with E-state index in [4.69, 9.17) is 0 Å². The first-order valence-electron chi connectivity index (χ1n) is 4.84. The maximum Gasteiger partial charge on any atom is 0.0505 e. The summed E-state index contributed by atoms with van der Waals surface area (Å²) in [6, 6.07) is 8.45. The quantitative estimate of drug-likeness (QED) is 0.696. The highest BCUT2D eigenvalue weighted by Gasteiger charge is 2.37. The lowest BCUT2D eigenvalue weighted by Crippen LogP contribution is -2.20. The van der Waals surface area contributed by atoms with Crippen LogP contribution >= 0.6 is 0 Å². The summed E-state index contributed by atoms with van der Waals surface area (Å²) >= 11 is 0. The van der Waals surface area contributed by atoms with Crippen molar-refractivity contribution in [2.45, 2.75) is 26.2 Å². The molecule has 0 heterocycles. The van der Waals surface area contributed by atoms with Gasteiger partial charge in [-0.25, -0.2) is 0 Å². The van der Waals surface area contributed by atoms with Crippen LogP contribution in [0.5, 0.6) is 0 Å². The summed E-state index contributed by atoms with van der Waals surface area (Å²) < 4.78 is 0. The fraction of sp³-hybridized carbons (Fsp3) is 0.500. The smallest absolute Gasteiger partial charge is 0.0505 e.